The monoisotopic (exact) mass is 240 g/mol. The molecule has 0 bridgehead atoms. The van der Waals surface area contributed by atoms with Crippen LogP contribution in [0, 0.1) is 0 Å². The summed E-state index contributed by atoms with van der Waals surface area (Å²) in [7, 11) is 1.80. The molecule has 0 spiro atoms. The molecule has 17 heavy (non-hydrogen) atoms. The molecule has 3 heteroatoms. The van der Waals surface area contributed by atoms with E-state index in [4.69, 9.17) is 4.74 Å². The number of hydrogen-bond donors (Lipinski definition) is 1. The highest BCUT2D eigenvalue weighted by Gasteiger charge is 2.30. The first kappa shape index (κ1) is 13.3. The zero-order valence-corrected chi connectivity index (χ0v) is 11.3. The molecular formula is C14H28N2O. The molecule has 2 aliphatic rings. The topological polar surface area (TPSA) is 24.5 Å². The zero-order chi connectivity index (χ0) is 11.9. The van der Waals surface area contributed by atoms with Gasteiger partial charge in [-0.15, -0.1) is 0 Å². The molecule has 0 radical (unpaired) electrons. The van der Waals surface area contributed by atoms with Crippen molar-refractivity contribution in [1.82, 2.24) is 10.2 Å². The smallest absolute Gasteiger partial charge is 0.0589 e. The highest BCUT2D eigenvalue weighted by molar-refractivity contribution is 4.87. The summed E-state index contributed by atoms with van der Waals surface area (Å²) >= 11 is 0. The fourth-order valence-corrected chi connectivity index (χ4v) is 2.79. The summed E-state index contributed by atoms with van der Waals surface area (Å²) in [6.45, 7) is 4.43. The van der Waals surface area contributed by atoms with Crippen molar-refractivity contribution in [2.45, 2.75) is 57.0 Å². The van der Waals surface area contributed by atoms with Gasteiger partial charge in [-0.1, -0.05) is 19.3 Å². The molecule has 1 aliphatic carbocycles. The molecule has 2 fully saturated rings. The van der Waals surface area contributed by atoms with Crippen molar-refractivity contribution in [2.75, 3.05) is 33.4 Å². The molecule has 3 nitrogen and oxygen atoms in total. The van der Waals surface area contributed by atoms with Crippen molar-refractivity contribution in [3.63, 3.8) is 0 Å². The third kappa shape index (κ3) is 4.94. The summed E-state index contributed by atoms with van der Waals surface area (Å²) in [6, 6.07) is 1.57. The van der Waals surface area contributed by atoms with Crippen LogP contribution in [0.15, 0.2) is 0 Å². The van der Waals surface area contributed by atoms with Gasteiger partial charge >= 0.3 is 0 Å². The SMILES string of the molecule is COCCN(CC1CCCCCCN1)C1CC1. The predicted octanol–water partition coefficient (Wildman–Crippen LogP) is 2.02. The van der Waals surface area contributed by atoms with Crippen LogP contribution in [-0.2, 0) is 4.74 Å². The number of nitrogens with one attached hydrogen (secondary N) is 1. The molecular weight excluding hydrogens is 212 g/mol. The quantitative estimate of drug-likeness (QED) is 0.769. The first-order valence-electron chi connectivity index (χ1n) is 7.36. The van der Waals surface area contributed by atoms with Gasteiger partial charge in [0.25, 0.3) is 0 Å². The lowest BCUT2D eigenvalue weighted by molar-refractivity contribution is 0.133. The van der Waals surface area contributed by atoms with Gasteiger partial charge in [0.1, 0.15) is 0 Å². The normalized spacial score (nSPS) is 26.8. The molecule has 0 aromatic heterocycles. The Hall–Kier alpha value is -0.120. The molecule has 0 amide bonds. The maximum absolute atomic E-state index is 5.22. The molecule has 1 aliphatic heterocycles. The van der Waals surface area contributed by atoms with Gasteiger partial charge in [-0.3, -0.25) is 4.90 Å². The van der Waals surface area contributed by atoms with E-state index >= 15 is 0 Å². The molecule has 1 heterocycles. The van der Waals surface area contributed by atoms with Crippen molar-refractivity contribution in [2.24, 2.45) is 0 Å². The van der Waals surface area contributed by atoms with E-state index in [9.17, 15) is 0 Å². The van der Waals surface area contributed by atoms with Crippen LogP contribution >= 0.6 is 0 Å². The van der Waals surface area contributed by atoms with E-state index in [1.165, 1.54) is 58.0 Å². The third-order valence-corrected chi connectivity index (χ3v) is 4.01. The van der Waals surface area contributed by atoms with Crippen LogP contribution in [0.2, 0.25) is 0 Å². The average molecular weight is 240 g/mol. The van der Waals surface area contributed by atoms with Crippen molar-refractivity contribution in [3.8, 4) is 0 Å². The Morgan fingerprint density at radius 2 is 1.94 bits per heavy atom. The van der Waals surface area contributed by atoms with E-state index in [2.05, 4.69) is 10.2 Å². The lowest BCUT2D eigenvalue weighted by atomic mass is 10.0. The molecule has 1 atom stereocenters. The van der Waals surface area contributed by atoms with Gasteiger partial charge in [0.2, 0.25) is 0 Å². The molecule has 1 saturated carbocycles. The van der Waals surface area contributed by atoms with Crippen LogP contribution < -0.4 is 5.32 Å². The fraction of sp³-hybridized carbons (Fsp3) is 1.00. The van der Waals surface area contributed by atoms with Crippen LogP contribution in [0.25, 0.3) is 0 Å². The van der Waals surface area contributed by atoms with Crippen LogP contribution in [-0.4, -0.2) is 50.3 Å². The fourth-order valence-electron chi connectivity index (χ4n) is 2.79. The Morgan fingerprint density at radius 3 is 2.71 bits per heavy atom. The Kier molecular flexibility index (Phi) is 5.75. The van der Waals surface area contributed by atoms with Crippen molar-refractivity contribution < 1.29 is 4.74 Å². The second-order valence-corrected chi connectivity index (χ2v) is 5.57. The minimum atomic E-state index is 0.716. The largest absolute Gasteiger partial charge is 0.383 e. The summed E-state index contributed by atoms with van der Waals surface area (Å²) in [5.41, 5.74) is 0. The van der Waals surface area contributed by atoms with Crippen LogP contribution in [0.1, 0.15) is 44.9 Å². The molecule has 1 saturated heterocycles. The number of methoxy groups -OCH3 is 1. The van der Waals surface area contributed by atoms with Crippen LogP contribution in [0.4, 0.5) is 0 Å². The van der Waals surface area contributed by atoms with E-state index in [0.29, 0.717) is 6.04 Å². The van der Waals surface area contributed by atoms with Gasteiger partial charge in [-0.2, -0.15) is 0 Å². The second kappa shape index (κ2) is 7.34. The summed E-state index contributed by atoms with van der Waals surface area (Å²) in [6.07, 6.45) is 9.76. The molecule has 100 valence electrons. The maximum Gasteiger partial charge on any atom is 0.0589 e. The first-order chi connectivity index (χ1) is 8.40. The number of nitrogens with zero attached hydrogens (tertiary/aromatic N) is 1. The third-order valence-electron chi connectivity index (χ3n) is 4.01. The zero-order valence-electron chi connectivity index (χ0n) is 11.3. The van der Waals surface area contributed by atoms with Gasteiger partial charge in [-0.05, 0) is 32.2 Å². The highest BCUT2D eigenvalue weighted by atomic mass is 16.5. The summed E-state index contributed by atoms with van der Waals surface area (Å²) in [5, 5.41) is 3.73. The second-order valence-electron chi connectivity index (χ2n) is 5.57. The average Bonchev–Trinajstić information content (AvgIpc) is 3.10. The Bertz CT molecular complexity index is 198. The van der Waals surface area contributed by atoms with Crippen LogP contribution in [0.3, 0.4) is 0 Å². The first-order valence-corrected chi connectivity index (χ1v) is 7.36. The maximum atomic E-state index is 5.22. The Balaban J connectivity index is 1.74. The molecule has 0 aromatic rings. The standard InChI is InChI=1S/C14H28N2O/c1-17-11-10-16(14-7-8-14)12-13-6-4-2-3-5-9-15-13/h13-15H,2-12H2,1H3. The van der Waals surface area contributed by atoms with Gasteiger partial charge in [-0.25, -0.2) is 0 Å². The minimum Gasteiger partial charge on any atom is -0.383 e. The molecule has 1 unspecified atom stereocenters. The van der Waals surface area contributed by atoms with E-state index in [-0.39, 0.29) is 0 Å². The van der Waals surface area contributed by atoms with Gasteiger partial charge < -0.3 is 10.1 Å². The van der Waals surface area contributed by atoms with Crippen molar-refractivity contribution in [3.05, 3.63) is 0 Å². The predicted molar refractivity (Wildman–Crippen MR) is 71.3 cm³/mol. The van der Waals surface area contributed by atoms with Gasteiger partial charge in [0.15, 0.2) is 0 Å². The van der Waals surface area contributed by atoms with E-state index in [1.54, 1.807) is 7.11 Å². The number of hydrogen-bond acceptors (Lipinski definition) is 3. The summed E-state index contributed by atoms with van der Waals surface area (Å²) in [4.78, 5) is 2.64. The lowest BCUT2D eigenvalue weighted by Crippen LogP contribution is -2.44. The van der Waals surface area contributed by atoms with Crippen molar-refractivity contribution in [1.29, 1.82) is 0 Å². The van der Waals surface area contributed by atoms with Gasteiger partial charge in [0, 0.05) is 32.3 Å². The Morgan fingerprint density at radius 1 is 1.12 bits per heavy atom. The highest BCUT2D eigenvalue weighted by Crippen LogP contribution is 2.27. The van der Waals surface area contributed by atoms with Gasteiger partial charge in [0.05, 0.1) is 6.61 Å². The number of ether oxygens (including phenoxy) is 1. The van der Waals surface area contributed by atoms with E-state index < -0.39 is 0 Å². The molecule has 0 aromatic carbocycles. The number of rotatable bonds is 6. The molecule has 1 N–H and O–H groups in total. The molecule has 2 rings (SSSR count). The summed E-state index contributed by atoms with van der Waals surface area (Å²) in [5.74, 6) is 0. The van der Waals surface area contributed by atoms with Crippen molar-refractivity contribution >= 4 is 0 Å². The van der Waals surface area contributed by atoms with E-state index in [0.717, 1.165) is 19.2 Å². The van der Waals surface area contributed by atoms with Crippen LogP contribution in [0.5, 0.6) is 0 Å². The lowest BCUT2D eigenvalue weighted by Gasteiger charge is -2.29. The Labute approximate surface area is 106 Å². The van der Waals surface area contributed by atoms with E-state index in [1.807, 2.05) is 0 Å². The minimum absolute atomic E-state index is 0.716. The summed E-state index contributed by atoms with van der Waals surface area (Å²) < 4.78 is 5.22.